The van der Waals surface area contributed by atoms with Crippen molar-refractivity contribution in [1.82, 2.24) is 19.7 Å². The molecule has 0 N–H and O–H groups in total. The number of rotatable bonds is 8. The highest BCUT2D eigenvalue weighted by atomic mass is 32.2. The van der Waals surface area contributed by atoms with Crippen molar-refractivity contribution >= 4 is 33.5 Å². The van der Waals surface area contributed by atoms with Gasteiger partial charge in [0, 0.05) is 32.2 Å². The zero-order chi connectivity index (χ0) is 22.6. The van der Waals surface area contributed by atoms with Gasteiger partial charge in [0.25, 0.3) is 0 Å². The molecule has 2 aliphatic rings. The number of sulfone groups is 1. The number of hydrogen-bond donors (Lipinski definition) is 0. The number of nitrogens with zero attached hydrogens (tertiary/aromatic N) is 5. The first kappa shape index (κ1) is 23.1. The number of amides is 1. The molecule has 0 spiro atoms. The summed E-state index contributed by atoms with van der Waals surface area (Å²) >= 11 is 1.35. The Morgan fingerprint density at radius 1 is 1.22 bits per heavy atom. The summed E-state index contributed by atoms with van der Waals surface area (Å²) in [5.41, 5.74) is 0.987. The van der Waals surface area contributed by atoms with Crippen molar-refractivity contribution in [3.05, 3.63) is 35.9 Å². The van der Waals surface area contributed by atoms with Crippen LogP contribution in [0.2, 0.25) is 0 Å². The number of carbonyl (C=O) groups is 1. The fourth-order valence-electron chi connectivity index (χ4n) is 4.09. The van der Waals surface area contributed by atoms with Crippen molar-refractivity contribution in [3.63, 3.8) is 0 Å². The summed E-state index contributed by atoms with van der Waals surface area (Å²) in [7, 11) is -3.10. The average Bonchev–Trinajstić information content (AvgIpc) is 3.39. The monoisotopic (exact) mass is 479 g/mol. The third kappa shape index (κ3) is 5.44. The third-order valence-electron chi connectivity index (χ3n) is 5.80. The molecule has 3 heterocycles. The van der Waals surface area contributed by atoms with E-state index in [0.29, 0.717) is 37.9 Å². The Hall–Kier alpha value is -2.11. The first-order valence-corrected chi connectivity index (χ1v) is 13.7. The van der Waals surface area contributed by atoms with Gasteiger partial charge in [-0.3, -0.25) is 9.36 Å². The molecule has 0 aliphatic carbocycles. The fraction of sp³-hybridized carbons (Fsp3) is 0.571. The van der Waals surface area contributed by atoms with Crippen molar-refractivity contribution in [2.24, 2.45) is 0 Å². The molecular weight excluding hydrogens is 450 g/mol. The maximum atomic E-state index is 13.3. The van der Waals surface area contributed by atoms with Crippen molar-refractivity contribution in [3.8, 4) is 0 Å². The predicted molar refractivity (Wildman–Crippen MR) is 124 cm³/mol. The molecule has 2 fully saturated rings. The SMILES string of the molecule is CCn1c(SCC(=O)N(Cc2ccccc2)[C@@H]2CCS(=O)(=O)C2)nnc1N1CCOCC1. The van der Waals surface area contributed by atoms with Crippen molar-refractivity contribution < 1.29 is 17.9 Å². The molecule has 1 aromatic heterocycles. The lowest BCUT2D eigenvalue weighted by Crippen LogP contribution is -2.41. The second-order valence-corrected chi connectivity index (χ2v) is 11.2. The second kappa shape index (κ2) is 10.2. The van der Waals surface area contributed by atoms with Crippen molar-refractivity contribution in [2.45, 2.75) is 37.6 Å². The highest BCUT2D eigenvalue weighted by Gasteiger charge is 2.35. The highest BCUT2D eigenvalue weighted by Crippen LogP contribution is 2.25. The van der Waals surface area contributed by atoms with Gasteiger partial charge in [-0.1, -0.05) is 42.1 Å². The second-order valence-electron chi connectivity index (χ2n) is 7.98. The molecule has 1 aromatic carbocycles. The molecule has 0 bridgehead atoms. The standard InChI is InChI=1S/C21H29N5O4S2/c1-2-25-20(24-9-11-30-12-10-24)22-23-21(25)31-15-19(27)26(14-17-6-4-3-5-7-17)18-8-13-32(28,29)16-18/h3-7,18H,2,8-16H2,1H3/t18-/m1/s1. The fourth-order valence-corrected chi connectivity index (χ4v) is 6.71. The maximum absolute atomic E-state index is 13.3. The summed E-state index contributed by atoms with van der Waals surface area (Å²) in [5.74, 6) is 1.07. The van der Waals surface area contributed by atoms with Gasteiger partial charge in [0.05, 0.1) is 30.5 Å². The lowest BCUT2D eigenvalue weighted by atomic mass is 10.1. The van der Waals surface area contributed by atoms with E-state index in [-0.39, 0.29) is 29.2 Å². The zero-order valence-corrected chi connectivity index (χ0v) is 19.9. The van der Waals surface area contributed by atoms with Crippen molar-refractivity contribution in [1.29, 1.82) is 0 Å². The van der Waals surface area contributed by atoms with Gasteiger partial charge < -0.3 is 14.5 Å². The molecule has 9 nitrogen and oxygen atoms in total. The van der Waals surface area contributed by atoms with E-state index in [0.717, 1.165) is 24.6 Å². The Balaban J connectivity index is 1.47. The molecule has 1 amide bonds. The van der Waals surface area contributed by atoms with E-state index in [1.165, 1.54) is 11.8 Å². The lowest BCUT2D eigenvalue weighted by molar-refractivity contribution is -0.130. The normalized spacial score (nSPS) is 20.4. The average molecular weight is 480 g/mol. The summed E-state index contributed by atoms with van der Waals surface area (Å²) in [5, 5.41) is 9.38. The summed E-state index contributed by atoms with van der Waals surface area (Å²) in [6.07, 6.45) is 0.484. The summed E-state index contributed by atoms with van der Waals surface area (Å²) in [6.45, 7) is 5.99. The topological polar surface area (TPSA) is 97.6 Å². The number of ether oxygens (including phenoxy) is 1. The third-order valence-corrected chi connectivity index (χ3v) is 8.50. The van der Waals surface area contributed by atoms with E-state index >= 15 is 0 Å². The van der Waals surface area contributed by atoms with Crippen LogP contribution in [0.5, 0.6) is 0 Å². The van der Waals surface area contributed by atoms with Crippen molar-refractivity contribution in [2.75, 3.05) is 48.5 Å². The van der Waals surface area contributed by atoms with Crippen LogP contribution in [0.1, 0.15) is 18.9 Å². The number of aromatic nitrogens is 3. The van der Waals surface area contributed by atoms with Gasteiger partial charge in [0.2, 0.25) is 11.9 Å². The smallest absolute Gasteiger partial charge is 0.233 e. The first-order chi connectivity index (χ1) is 15.5. The van der Waals surface area contributed by atoms with E-state index in [4.69, 9.17) is 4.74 Å². The van der Waals surface area contributed by atoms with Gasteiger partial charge in [-0.05, 0) is 18.9 Å². The molecule has 0 unspecified atom stereocenters. The molecule has 4 rings (SSSR count). The van der Waals surface area contributed by atoms with Crippen LogP contribution < -0.4 is 4.90 Å². The molecule has 2 aromatic rings. The Labute approximate surface area is 193 Å². The number of anilines is 1. The Bertz CT molecular complexity index is 1020. The van der Waals surface area contributed by atoms with E-state index in [1.54, 1.807) is 4.90 Å². The van der Waals surface area contributed by atoms with Crippen LogP contribution in [-0.4, -0.2) is 83.6 Å². The molecule has 174 valence electrons. The number of thioether (sulfide) groups is 1. The van der Waals surface area contributed by atoms with Crippen LogP contribution in [0.15, 0.2) is 35.5 Å². The minimum absolute atomic E-state index is 0.0303. The summed E-state index contributed by atoms with van der Waals surface area (Å²) in [4.78, 5) is 17.1. The van der Waals surface area contributed by atoms with Crippen LogP contribution in [-0.2, 0) is 32.5 Å². The Morgan fingerprint density at radius 3 is 2.62 bits per heavy atom. The quantitative estimate of drug-likeness (QED) is 0.525. The zero-order valence-electron chi connectivity index (χ0n) is 18.2. The van der Waals surface area contributed by atoms with Gasteiger partial charge in [-0.25, -0.2) is 8.42 Å². The van der Waals surface area contributed by atoms with Crippen LogP contribution in [0.3, 0.4) is 0 Å². The van der Waals surface area contributed by atoms with E-state index < -0.39 is 9.84 Å². The number of benzene rings is 1. The number of carbonyl (C=O) groups excluding carboxylic acids is 1. The molecule has 2 saturated heterocycles. The predicted octanol–water partition coefficient (Wildman–Crippen LogP) is 1.44. The van der Waals surface area contributed by atoms with E-state index in [2.05, 4.69) is 15.1 Å². The largest absolute Gasteiger partial charge is 0.378 e. The molecule has 0 saturated carbocycles. The minimum atomic E-state index is -3.10. The highest BCUT2D eigenvalue weighted by molar-refractivity contribution is 7.99. The molecule has 11 heteroatoms. The lowest BCUT2D eigenvalue weighted by Gasteiger charge is -2.28. The summed E-state index contributed by atoms with van der Waals surface area (Å²) in [6, 6.07) is 9.40. The van der Waals surface area contributed by atoms with Crippen LogP contribution in [0.4, 0.5) is 5.95 Å². The van der Waals surface area contributed by atoms with E-state index in [1.807, 2.05) is 41.8 Å². The van der Waals surface area contributed by atoms with Crippen LogP contribution in [0.25, 0.3) is 0 Å². The number of morpholine rings is 1. The number of hydrogen-bond acceptors (Lipinski definition) is 8. The minimum Gasteiger partial charge on any atom is -0.378 e. The van der Waals surface area contributed by atoms with Gasteiger partial charge >= 0.3 is 0 Å². The first-order valence-electron chi connectivity index (χ1n) is 10.9. The van der Waals surface area contributed by atoms with E-state index in [9.17, 15) is 13.2 Å². The van der Waals surface area contributed by atoms with Gasteiger partial charge in [-0.15, -0.1) is 10.2 Å². The van der Waals surface area contributed by atoms with Gasteiger partial charge in [0.1, 0.15) is 0 Å². The molecule has 1 atom stereocenters. The van der Waals surface area contributed by atoms with Crippen LogP contribution in [0, 0.1) is 0 Å². The van der Waals surface area contributed by atoms with Gasteiger partial charge in [0.15, 0.2) is 15.0 Å². The molecule has 32 heavy (non-hydrogen) atoms. The summed E-state index contributed by atoms with van der Waals surface area (Å²) < 4.78 is 31.6. The van der Waals surface area contributed by atoms with Crippen LogP contribution >= 0.6 is 11.8 Å². The Kier molecular flexibility index (Phi) is 7.37. The molecule has 0 radical (unpaired) electrons. The van der Waals surface area contributed by atoms with Gasteiger partial charge in [-0.2, -0.15) is 0 Å². The maximum Gasteiger partial charge on any atom is 0.233 e. The molecular formula is C21H29N5O4S2. The molecule has 2 aliphatic heterocycles. The Morgan fingerprint density at radius 2 is 1.97 bits per heavy atom.